The predicted molar refractivity (Wildman–Crippen MR) is 90.7 cm³/mol. The van der Waals surface area contributed by atoms with Gasteiger partial charge in [-0.1, -0.05) is 30.3 Å². The Kier molecular flexibility index (Phi) is 4.68. The fourth-order valence-corrected chi connectivity index (χ4v) is 3.57. The number of rotatable bonds is 2. The van der Waals surface area contributed by atoms with Gasteiger partial charge in [0.2, 0.25) is 0 Å². The van der Waals surface area contributed by atoms with E-state index in [1.54, 1.807) is 0 Å². The lowest BCUT2D eigenvalue weighted by Crippen LogP contribution is -2.32. The molecule has 1 fully saturated rings. The Labute approximate surface area is 141 Å². The van der Waals surface area contributed by atoms with Crippen molar-refractivity contribution < 1.29 is 4.79 Å². The number of halogens is 1. The highest BCUT2D eigenvalue weighted by atomic mass is 35.5. The number of H-pyrrole nitrogens is 1. The summed E-state index contributed by atoms with van der Waals surface area (Å²) in [6.07, 6.45) is 2.99. The lowest BCUT2D eigenvalue weighted by Gasteiger charge is -2.25. The molecule has 4 rings (SSSR count). The van der Waals surface area contributed by atoms with Crippen molar-refractivity contribution in [3.8, 4) is 0 Å². The molecule has 1 atom stereocenters. The number of hydrogen-bond acceptors (Lipinski definition) is 3. The van der Waals surface area contributed by atoms with Crippen LogP contribution < -0.4 is 5.32 Å². The van der Waals surface area contributed by atoms with Crippen LogP contribution in [0, 0.1) is 0 Å². The van der Waals surface area contributed by atoms with E-state index < -0.39 is 0 Å². The molecule has 0 radical (unpaired) electrons. The van der Waals surface area contributed by atoms with E-state index in [9.17, 15) is 4.79 Å². The van der Waals surface area contributed by atoms with Gasteiger partial charge in [-0.15, -0.1) is 12.4 Å². The third kappa shape index (κ3) is 2.86. The summed E-state index contributed by atoms with van der Waals surface area (Å²) in [5, 5.41) is 10.7. The Hall–Kier alpha value is -1.85. The largest absolute Gasteiger partial charge is 0.330 e. The highest BCUT2D eigenvalue weighted by molar-refractivity contribution is 5.94. The van der Waals surface area contributed by atoms with E-state index >= 15 is 0 Å². The van der Waals surface area contributed by atoms with Gasteiger partial charge in [-0.25, -0.2) is 0 Å². The predicted octanol–water partition coefficient (Wildman–Crippen LogP) is 2.45. The first-order chi connectivity index (χ1) is 10.8. The number of nitrogens with zero attached hydrogens (tertiary/aromatic N) is 2. The first-order valence-corrected chi connectivity index (χ1v) is 7.97. The third-order valence-electron chi connectivity index (χ3n) is 4.71. The van der Waals surface area contributed by atoms with E-state index in [-0.39, 0.29) is 24.4 Å². The average Bonchev–Trinajstić information content (AvgIpc) is 3.22. The summed E-state index contributed by atoms with van der Waals surface area (Å²) < 4.78 is 0. The van der Waals surface area contributed by atoms with Gasteiger partial charge in [0.05, 0.1) is 6.04 Å². The molecule has 3 heterocycles. The van der Waals surface area contributed by atoms with Crippen molar-refractivity contribution in [2.75, 3.05) is 13.1 Å². The maximum Gasteiger partial charge on any atom is 0.275 e. The second-order valence-electron chi connectivity index (χ2n) is 6.02. The summed E-state index contributed by atoms with van der Waals surface area (Å²) >= 11 is 0. The summed E-state index contributed by atoms with van der Waals surface area (Å²) in [7, 11) is 0. The minimum Gasteiger partial charge on any atom is -0.330 e. The maximum atomic E-state index is 13.0. The number of carbonyl (C=O) groups is 1. The number of amides is 1. The Morgan fingerprint density at radius 2 is 2.09 bits per heavy atom. The number of hydrogen-bond donors (Lipinski definition) is 2. The quantitative estimate of drug-likeness (QED) is 0.888. The van der Waals surface area contributed by atoms with Gasteiger partial charge in [0, 0.05) is 37.3 Å². The lowest BCUT2D eigenvalue weighted by atomic mass is 10.0. The van der Waals surface area contributed by atoms with Gasteiger partial charge >= 0.3 is 0 Å². The molecule has 0 spiro atoms. The van der Waals surface area contributed by atoms with Crippen LogP contribution in [0.25, 0.3) is 0 Å². The van der Waals surface area contributed by atoms with Gasteiger partial charge in [-0.05, 0) is 18.4 Å². The van der Waals surface area contributed by atoms with Gasteiger partial charge < -0.3 is 10.2 Å². The van der Waals surface area contributed by atoms with Crippen LogP contribution in [-0.4, -0.2) is 34.1 Å². The van der Waals surface area contributed by atoms with Gasteiger partial charge in [-0.2, -0.15) is 5.10 Å². The van der Waals surface area contributed by atoms with E-state index in [1.807, 2.05) is 23.1 Å². The molecule has 0 aliphatic carbocycles. The number of aromatic nitrogens is 2. The normalized spacial score (nSPS) is 20.0. The van der Waals surface area contributed by atoms with Crippen LogP contribution in [0.5, 0.6) is 0 Å². The molecule has 1 aromatic carbocycles. The fraction of sp³-hybridized carbons (Fsp3) is 0.412. The van der Waals surface area contributed by atoms with Gasteiger partial charge in [-0.3, -0.25) is 9.89 Å². The van der Waals surface area contributed by atoms with Crippen molar-refractivity contribution in [2.45, 2.75) is 31.8 Å². The Morgan fingerprint density at radius 1 is 1.26 bits per heavy atom. The van der Waals surface area contributed by atoms with E-state index in [2.05, 4.69) is 27.6 Å². The van der Waals surface area contributed by atoms with Crippen LogP contribution in [-0.2, 0) is 13.0 Å². The summed E-state index contributed by atoms with van der Waals surface area (Å²) in [5.74, 6) is 0.0625. The van der Waals surface area contributed by atoms with Crippen LogP contribution >= 0.6 is 12.4 Å². The molecule has 5 nitrogen and oxygen atoms in total. The van der Waals surface area contributed by atoms with Crippen LogP contribution in [0.15, 0.2) is 30.3 Å². The molecule has 2 N–H and O–H groups in total. The number of nitrogens with one attached hydrogen (secondary N) is 2. The maximum absolute atomic E-state index is 13.0. The first kappa shape index (κ1) is 16.0. The topological polar surface area (TPSA) is 61.0 Å². The Morgan fingerprint density at radius 3 is 2.91 bits per heavy atom. The van der Waals surface area contributed by atoms with Crippen molar-refractivity contribution in [1.29, 1.82) is 0 Å². The zero-order valence-corrected chi connectivity index (χ0v) is 13.7. The molecular weight excluding hydrogens is 312 g/mol. The van der Waals surface area contributed by atoms with Crippen LogP contribution in [0.2, 0.25) is 0 Å². The highest BCUT2D eigenvalue weighted by Gasteiger charge is 2.33. The van der Waals surface area contributed by atoms with Crippen LogP contribution in [0.3, 0.4) is 0 Å². The van der Waals surface area contributed by atoms with Crippen molar-refractivity contribution in [3.63, 3.8) is 0 Å². The van der Waals surface area contributed by atoms with E-state index in [0.717, 1.165) is 50.2 Å². The second-order valence-corrected chi connectivity index (χ2v) is 6.02. The highest BCUT2D eigenvalue weighted by Crippen LogP contribution is 2.33. The zero-order valence-electron chi connectivity index (χ0n) is 12.9. The zero-order chi connectivity index (χ0) is 14.9. The molecule has 2 aromatic rings. The van der Waals surface area contributed by atoms with Gasteiger partial charge in [0.25, 0.3) is 5.91 Å². The van der Waals surface area contributed by atoms with Gasteiger partial charge in [0.15, 0.2) is 5.69 Å². The molecule has 122 valence electrons. The summed E-state index contributed by atoms with van der Waals surface area (Å²) in [4.78, 5) is 15.0. The molecule has 1 saturated heterocycles. The lowest BCUT2D eigenvalue weighted by molar-refractivity contribution is 0.0728. The molecule has 23 heavy (non-hydrogen) atoms. The summed E-state index contributed by atoms with van der Waals surface area (Å²) in [5.41, 5.74) is 3.98. The minimum atomic E-state index is 0. The molecule has 2 aliphatic rings. The van der Waals surface area contributed by atoms with Crippen molar-refractivity contribution >= 4 is 18.3 Å². The number of benzene rings is 1. The standard InChI is InChI=1S/C17H20N4O.ClH/c22-17(16-13-11-18-9-8-14(13)19-20-16)21-10-4-7-15(21)12-5-2-1-3-6-12;/h1-3,5-6,15,18H,4,7-11H2,(H,19,20);1H. The van der Waals surface area contributed by atoms with Crippen LogP contribution in [0.4, 0.5) is 0 Å². The van der Waals surface area contributed by atoms with Crippen molar-refractivity contribution in [2.24, 2.45) is 0 Å². The van der Waals surface area contributed by atoms with Crippen molar-refractivity contribution in [1.82, 2.24) is 20.4 Å². The number of likely N-dealkylation sites (tertiary alicyclic amines) is 1. The molecule has 1 amide bonds. The molecule has 1 aromatic heterocycles. The molecule has 1 unspecified atom stereocenters. The summed E-state index contributed by atoms with van der Waals surface area (Å²) in [6, 6.07) is 10.5. The first-order valence-electron chi connectivity index (χ1n) is 7.97. The minimum absolute atomic E-state index is 0. The SMILES string of the molecule is Cl.O=C(c1n[nH]c2c1CNCC2)N1CCCC1c1ccccc1. The second kappa shape index (κ2) is 6.72. The van der Waals surface area contributed by atoms with E-state index in [1.165, 1.54) is 5.56 Å². The molecular formula is C17H21ClN4O. The average molecular weight is 333 g/mol. The van der Waals surface area contributed by atoms with E-state index in [4.69, 9.17) is 0 Å². The van der Waals surface area contributed by atoms with Crippen LogP contribution in [0.1, 0.15) is 46.2 Å². The third-order valence-corrected chi connectivity index (χ3v) is 4.71. The molecule has 6 heteroatoms. The van der Waals surface area contributed by atoms with Crippen molar-refractivity contribution in [3.05, 3.63) is 52.8 Å². The van der Waals surface area contributed by atoms with Gasteiger partial charge in [0.1, 0.15) is 0 Å². The Bertz CT molecular complexity index is 685. The Balaban J connectivity index is 0.00000156. The molecule has 0 saturated carbocycles. The number of fused-ring (bicyclic) bond motifs is 1. The number of carbonyl (C=O) groups excluding carboxylic acids is 1. The molecule has 0 bridgehead atoms. The monoisotopic (exact) mass is 332 g/mol. The molecule has 2 aliphatic heterocycles. The number of aromatic amines is 1. The summed E-state index contributed by atoms with van der Waals surface area (Å²) in [6.45, 7) is 2.49. The smallest absolute Gasteiger partial charge is 0.275 e. The fourth-order valence-electron chi connectivity index (χ4n) is 3.57. The van der Waals surface area contributed by atoms with E-state index in [0.29, 0.717) is 5.69 Å².